The van der Waals surface area contributed by atoms with Gasteiger partial charge in [-0.25, -0.2) is 0 Å². The molecule has 0 spiro atoms. The summed E-state index contributed by atoms with van der Waals surface area (Å²) < 4.78 is 0. The second-order valence-electron chi connectivity index (χ2n) is 4.81. The van der Waals surface area contributed by atoms with E-state index in [1.54, 1.807) is 32.1 Å². The maximum Gasteiger partial charge on any atom is 0.256 e. The molecule has 0 saturated heterocycles. The lowest BCUT2D eigenvalue weighted by molar-refractivity contribution is -0.129. The number of hydrogen-bond acceptors (Lipinski definition) is 3. The number of anilines is 1. The highest BCUT2D eigenvalue weighted by Gasteiger charge is 2.20. The first kappa shape index (κ1) is 16.0. The van der Waals surface area contributed by atoms with Gasteiger partial charge in [-0.3, -0.25) is 9.59 Å². The van der Waals surface area contributed by atoms with Gasteiger partial charge in [0.15, 0.2) is 0 Å². The topological polar surface area (TPSA) is 52.7 Å². The molecule has 0 aliphatic rings. The first-order chi connectivity index (χ1) is 9.51. The highest BCUT2D eigenvalue weighted by Crippen LogP contribution is 2.16. The molecule has 0 unspecified atom stereocenters. The van der Waals surface area contributed by atoms with Gasteiger partial charge in [-0.15, -0.1) is 0 Å². The molecule has 0 atom stereocenters. The molecule has 1 aromatic carbocycles. The number of carbonyl (C=O) groups is 2. The highest BCUT2D eigenvalue weighted by atomic mass is 16.2. The Hall–Kier alpha value is -2.04. The molecule has 0 aromatic heterocycles. The van der Waals surface area contributed by atoms with Crippen molar-refractivity contribution in [3.05, 3.63) is 29.8 Å². The van der Waals surface area contributed by atoms with Crippen molar-refractivity contribution in [2.75, 3.05) is 39.5 Å². The molecule has 110 valence electrons. The van der Waals surface area contributed by atoms with Crippen molar-refractivity contribution in [1.82, 2.24) is 9.80 Å². The lowest BCUT2D eigenvalue weighted by Crippen LogP contribution is -2.40. The van der Waals surface area contributed by atoms with E-state index in [2.05, 4.69) is 5.32 Å². The van der Waals surface area contributed by atoms with E-state index in [-0.39, 0.29) is 18.4 Å². The zero-order valence-corrected chi connectivity index (χ0v) is 12.6. The molecule has 0 fully saturated rings. The van der Waals surface area contributed by atoms with Crippen LogP contribution in [0, 0.1) is 0 Å². The van der Waals surface area contributed by atoms with Gasteiger partial charge in [0.25, 0.3) is 5.91 Å². The zero-order valence-electron chi connectivity index (χ0n) is 12.6. The monoisotopic (exact) mass is 277 g/mol. The summed E-state index contributed by atoms with van der Waals surface area (Å²) in [6, 6.07) is 7.33. The molecule has 5 heteroatoms. The summed E-state index contributed by atoms with van der Waals surface area (Å²) in [5, 5.41) is 3.01. The van der Waals surface area contributed by atoms with Crippen molar-refractivity contribution in [3.63, 3.8) is 0 Å². The number of carbonyl (C=O) groups excluding carboxylic acids is 2. The molecule has 0 heterocycles. The number of amides is 2. The molecule has 0 radical (unpaired) electrons. The Morgan fingerprint density at radius 2 is 1.85 bits per heavy atom. The van der Waals surface area contributed by atoms with Gasteiger partial charge >= 0.3 is 0 Å². The fourth-order valence-corrected chi connectivity index (χ4v) is 1.88. The first-order valence-corrected chi connectivity index (χ1v) is 6.77. The maximum absolute atomic E-state index is 12.6. The number of likely N-dealkylation sites (N-methyl/N-ethyl adjacent to an activating group) is 1. The third-order valence-electron chi connectivity index (χ3n) is 3.03. The van der Waals surface area contributed by atoms with Crippen LogP contribution >= 0.6 is 0 Å². The third-order valence-corrected chi connectivity index (χ3v) is 3.03. The maximum atomic E-state index is 12.6. The summed E-state index contributed by atoms with van der Waals surface area (Å²) in [5.41, 5.74) is 1.37. The summed E-state index contributed by atoms with van der Waals surface area (Å²) in [5.74, 6) is -0.194. The Balaban J connectivity index is 2.96. The minimum atomic E-state index is -0.119. The van der Waals surface area contributed by atoms with Crippen molar-refractivity contribution in [2.45, 2.75) is 13.3 Å². The first-order valence-electron chi connectivity index (χ1n) is 6.77. The van der Waals surface area contributed by atoms with E-state index in [4.69, 9.17) is 0 Å². The van der Waals surface area contributed by atoms with Gasteiger partial charge in [0.1, 0.15) is 6.54 Å². The molecule has 5 nitrogen and oxygen atoms in total. The fourth-order valence-electron chi connectivity index (χ4n) is 1.88. The van der Waals surface area contributed by atoms with Crippen LogP contribution in [0.3, 0.4) is 0 Å². The summed E-state index contributed by atoms with van der Waals surface area (Å²) in [6.45, 7) is 2.67. The summed E-state index contributed by atoms with van der Waals surface area (Å²) in [4.78, 5) is 27.5. The largest absolute Gasteiger partial charge is 0.387 e. The number of benzene rings is 1. The molecular formula is C15H23N3O2. The molecule has 0 bridgehead atoms. The molecule has 1 N–H and O–H groups in total. The fraction of sp³-hybridized carbons (Fsp3) is 0.467. The van der Waals surface area contributed by atoms with Crippen LogP contribution in [0.5, 0.6) is 0 Å². The Bertz CT molecular complexity index is 472. The van der Waals surface area contributed by atoms with E-state index < -0.39 is 0 Å². The number of rotatable bonds is 6. The van der Waals surface area contributed by atoms with Crippen LogP contribution in [0.25, 0.3) is 0 Å². The Labute approximate surface area is 120 Å². The number of para-hydroxylation sites is 1. The van der Waals surface area contributed by atoms with Crippen LogP contribution in [0.2, 0.25) is 0 Å². The lowest BCUT2D eigenvalue weighted by Gasteiger charge is -2.24. The van der Waals surface area contributed by atoms with E-state index in [9.17, 15) is 9.59 Å². The number of nitrogens with zero attached hydrogens (tertiary/aromatic N) is 2. The SMILES string of the molecule is CCCN(CC(=O)N(C)C)C(=O)c1ccccc1NC. The van der Waals surface area contributed by atoms with Gasteiger partial charge < -0.3 is 15.1 Å². The molecule has 2 amide bonds. The van der Waals surface area contributed by atoms with Crippen LogP contribution < -0.4 is 5.32 Å². The minimum Gasteiger partial charge on any atom is -0.387 e. The average Bonchev–Trinajstić information content (AvgIpc) is 2.45. The van der Waals surface area contributed by atoms with Gasteiger partial charge in [-0.2, -0.15) is 0 Å². The molecule has 0 aliphatic carbocycles. The molecule has 1 rings (SSSR count). The summed E-state index contributed by atoms with van der Waals surface area (Å²) >= 11 is 0. The van der Waals surface area contributed by atoms with Crippen LogP contribution in [-0.4, -0.2) is 55.8 Å². The predicted octanol–water partition coefficient (Wildman–Crippen LogP) is 1.67. The smallest absolute Gasteiger partial charge is 0.256 e. The Morgan fingerprint density at radius 3 is 2.40 bits per heavy atom. The van der Waals surface area contributed by atoms with Gasteiger partial charge in [-0.05, 0) is 18.6 Å². The van der Waals surface area contributed by atoms with Crippen molar-refractivity contribution in [2.24, 2.45) is 0 Å². The second-order valence-corrected chi connectivity index (χ2v) is 4.81. The zero-order chi connectivity index (χ0) is 15.1. The van der Waals surface area contributed by atoms with Crippen molar-refractivity contribution in [1.29, 1.82) is 0 Å². The van der Waals surface area contributed by atoms with Gasteiger partial charge in [0.2, 0.25) is 5.91 Å². The summed E-state index contributed by atoms with van der Waals surface area (Å²) in [6.07, 6.45) is 0.814. The predicted molar refractivity (Wildman–Crippen MR) is 80.9 cm³/mol. The van der Waals surface area contributed by atoms with E-state index in [0.29, 0.717) is 12.1 Å². The molecule has 0 saturated carbocycles. The Morgan fingerprint density at radius 1 is 1.20 bits per heavy atom. The van der Waals surface area contributed by atoms with E-state index in [0.717, 1.165) is 12.1 Å². The van der Waals surface area contributed by atoms with Gasteiger partial charge in [-0.1, -0.05) is 19.1 Å². The van der Waals surface area contributed by atoms with Crippen LogP contribution in [-0.2, 0) is 4.79 Å². The lowest BCUT2D eigenvalue weighted by atomic mass is 10.1. The number of hydrogen-bond donors (Lipinski definition) is 1. The Kier molecular flexibility index (Phi) is 6.03. The normalized spacial score (nSPS) is 10.0. The van der Waals surface area contributed by atoms with Crippen LogP contribution in [0.15, 0.2) is 24.3 Å². The van der Waals surface area contributed by atoms with E-state index in [1.165, 1.54) is 4.90 Å². The van der Waals surface area contributed by atoms with E-state index in [1.807, 2.05) is 25.1 Å². The molecule has 0 aliphatic heterocycles. The molecular weight excluding hydrogens is 254 g/mol. The van der Waals surface area contributed by atoms with Crippen LogP contribution in [0.4, 0.5) is 5.69 Å². The van der Waals surface area contributed by atoms with Crippen molar-refractivity contribution >= 4 is 17.5 Å². The second kappa shape index (κ2) is 7.53. The minimum absolute atomic E-state index is 0.0752. The standard InChI is InChI=1S/C15H23N3O2/c1-5-10-18(11-14(19)17(3)4)15(20)12-8-6-7-9-13(12)16-2/h6-9,16H,5,10-11H2,1-4H3. The third kappa shape index (κ3) is 3.98. The van der Waals surface area contributed by atoms with E-state index >= 15 is 0 Å². The quantitative estimate of drug-likeness (QED) is 0.860. The average molecular weight is 277 g/mol. The van der Waals surface area contributed by atoms with Crippen molar-refractivity contribution in [3.8, 4) is 0 Å². The summed E-state index contributed by atoms with van der Waals surface area (Å²) in [7, 11) is 5.16. The number of nitrogens with one attached hydrogen (secondary N) is 1. The molecule has 1 aromatic rings. The van der Waals surface area contributed by atoms with Gasteiger partial charge in [0.05, 0.1) is 5.56 Å². The highest BCUT2D eigenvalue weighted by molar-refractivity contribution is 6.01. The van der Waals surface area contributed by atoms with Crippen LogP contribution in [0.1, 0.15) is 23.7 Å². The van der Waals surface area contributed by atoms with Crippen molar-refractivity contribution < 1.29 is 9.59 Å². The molecule has 20 heavy (non-hydrogen) atoms. The van der Waals surface area contributed by atoms with Gasteiger partial charge in [0, 0.05) is 33.4 Å².